The van der Waals surface area contributed by atoms with E-state index in [1.807, 2.05) is 48.5 Å². The molecule has 0 atom stereocenters. The van der Waals surface area contributed by atoms with Crippen molar-refractivity contribution in [2.45, 2.75) is 6.29 Å². The third kappa shape index (κ3) is 2.84. The number of hydrogen-bond donors (Lipinski definition) is 0. The van der Waals surface area contributed by atoms with E-state index in [9.17, 15) is 0 Å². The van der Waals surface area contributed by atoms with Gasteiger partial charge in [0.15, 0.2) is 0 Å². The summed E-state index contributed by atoms with van der Waals surface area (Å²) in [7, 11) is 1.65. The number of nitrogens with zero attached hydrogens (tertiary/aromatic N) is 1. The Kier molecular flexibility index (Phi) is 4.10. The predicted octanol–water partition coefficient (Wildman–Crippen LogP) is 4.61. The number of hydrogen-bond acceptors (Lipinski definition) is 4. The molecule has 1 aromatic heterocycles. The molecule has 0 amide bonds. The van der Waals surface area contributed by atoms with Crippen molar-refractivity contribution in [3.63, 3.8) is 0 Å². The number of ether oxygens (including phenoxy) is 3. The zero-order valence-corrected chi connectivity index (χ0v) is 13.9. The highest BCUT2D eigenvalue weighted by molar-refractivity contribution is 6.30. The largest absolute Gasteiger partial charge is 0.497 e. The lowest BCUT2D eigenvalue weighted by atomic mass is 10.00. The SMILES string of the molecule is COc1ccc2c(-c3ccc(Cl)cc3)cc(C3OCCO3)nc2c1. The molecule has 0 aliphatic carbocycles. The number of halogens is 1. The molecule has 4 rings (SSSR count). The number of fused-ring (bicyclic) bond motifs is 1. The van der Waals surface area contributed by atoms with Crippen LogP contribution in [0.2, 0.25) is 5.02 Å². The molecule has 122 valence electrons. The number of benzene rings is 2. The van der Waals surface area contributed by atoms with Crippen molar-refractivity contribution in [3.05, 3.63) is 59.2 Å². The molecule has 1 saturated heterocycles. The van der Waals surface area contributed by atoms with Crippen LogP contribution in [0.1, 0.15) is 12.0 Å². The molecule has 2 heterocycles. The summed E-state index contributed by atoms with van der Waals surface area (Å²) in [5.41, 5.74) is 3.73. The second-order valence-corrected chi connectivity index (χ2v) is 5.99. The first-order valence-corrected chi connectivity index (χ1v) is 8.10. The highest BCUT2D eigenvalue weighted by atomic mass is 35.5. The Balaban J connectivity index is 1.93. The maximum atomic E-state index is 6.02. The van der Waals surface area contributed by atoms with Crippen LogP contribution >= 0.6 is 11.6 Å². The fourth-order valence-electron chi connectivity index (χ4n) is 2.87. The topological polar surface area (TPSA) is 40.6 Å². The van der Waals surface area contributed by atoms with Crippen molar-refractivity contribution in [3.8, 4) is 16.9 Å². The van der Waals surface area contributed by atoms with Gasteiger partial charge in [-0.1, -0.05) is 23.7 Å². The lowest BCUT2D eigenvalue weighted by Crippen LogP contribution is -2.02. The summed E-state index contributed by atoms with van der Waals surface area (Å²) >= 11 is 6.02. The van der Waals surface area contributed by atoms with Gasteiger partial charge in [-0.25, -0.2) is 4.98 Å². The molecule has 24 heavy (non-hydrogen) atoms. The Labute approximate surface area is 144 Å². The van der Waals surface area contributed by atoms with Gasteiger partial charge in [0.1, 0.15) is 5.75 Å². The van der Waals surface area contributed by atoms with Crippen LogP contribution in [-0.4, -0.2) is 25.3 Å². The normalized spacial score (nSPS) is 15.1. The smallest absolute Gasteiger partial charge is 0.201 e. The van der Waals surface area contributed by atoms with Gasteiger partial charge in [-0.3, -0.25) is 0 Å². The number of aromatic nitrogens is 1. The summed E-state index contributed by atoms with van der Waals surface area (Å²) in [6.45, 7) is 1.16. The van der Waals surface area contributed by atoms with Crippen LogP contribution in [0.4, 0.5) is 0 Å². The van der Waals surface area contributed by atoms with E-state index in [2.05, 4.69) is 0 Å². The molecule has 1 aliphatic heterocycles. The van der Waals surface area contributed by atoms with Gasteiger partial charge in [-0.2, -0.15) is 0 Å². The van der Waals surface area contributed by atoms with Crippen LogP contribution in [0, 0.1) is 0 Å². The molecule has 1 fully saturated rings. The van der Waals surface area contributed by atoms with Gasteiger partial charge in [0, 0.05) is 16.5 Å². The second-order valence-electron chi connectivity index (χ2n) is 5.56. The van der Waals surface area contributed by atoms with Gasteiger partial charge >= 0.3 is 0 Å². The minimum Gasteiger partial charge on any atom is -0.497 e. The molecule has 0 unspecified atom stereocenters. The van der Waals surface area contributed by atoms with E-state index in [1.54, 1.807) is 7.11 Å². The fourth-order valence-corrected chi connectivity index (χ4v) is 3.00. The van der Waals surface area contributed by atoms with Crippen LogP contribution in [0.3, 0.4) is 0 Å². The molecule has 0 radical (unpaired) electrons. The highest BCUT2D eigenvalue weighted by Crippen LogP contribution is 2.34. The van der Waals surface area contributed by atoms with E-state index < -0.39 is 6.29 Å². The molecule has 3 aromatic rings. The van der Waals surface area contributed by atoms with Crippen molar-refractivity contribution < 1.29 is 14.2 Å². The fraction of sp³-hybridized carbons (Fsp3) is 0.211. The van der Waals surface area contributed by atoms with Gasteiger partial charge in [0.25, 0.3) is 0 Å². The van der Waals surface area contributed by atoms with Crippen LogP contribution in [0.15, 0.2) is 48.5 Å². The highest BCUT2D eigenvalue weighted by Gasteiger charge is 2.21. The third-order valence-electron chi connectivity index (χ3n) is 4.06. The maximum Gasteiger partial charge on any atom is 0.201 e. The molecule has 5 heteroatoms. The van der Waals surface area contributed by atoms with E-state index in [0.717, 1.165) is 33.5 Å². The Bertz CT molecular complexity index is 874. The van der Waals surface area contributed by atoms with E-state index >= 15 is 0 Å². The molecule has 0 bridgehead atoms. The summed E-state index contributed by atoms with van der Waals surface area (Å²) in [4.78, 5) is 4.71. The van der Waals surface area contributed by atoms with Gasteiger partial charge < -0.3 is 14.2 Å². The number of rotatable bonds is 3. The summed E-state index contributed by atoms with van der Waals surface area (Å²) in [6, 6.07) is 15.7. The predicted molar refractivity (Wildman–Crippen MR) is 93.4 cm³/mol. The van der Waals surface area contributed by atoms with Gasteiger partial charge in [-0.15, -0.1) is 0 Å². The summed E-state index contributed by atoms with van der Waals surface area (Å²) in [5.74, 6) is 0.766. The number of methoxy groups -OCH3 is 1. The lowest BCUT2D eigenvalue weighted by molar-refractivity contribution is -0.0470. The minimum absolute atomic E-state index is 0.424. The molecule has 0 N–H and O–H groups in total. The summed E-state index contributed by atoms with van der Waals surface area (Å²) in [5, 5.41) is 1.75. The zero-order valence-electron chi connectivity index (χ0n) is 13.2. The lowest BCUT2D eigenvalue weighted by Gasteiger charge is -2.14. The van der Waals surface area contributed by atoms with Crippen molar-refractivity contribution in [1.82, 2.24) is 4.98 Å². The Morgan fingerprint density at radius 3 is 2.50 bits per heavy atom. The molecule has 4 nitrogen and oxygen atoms in total. The van der Waals surface area contributed by atoms with Crippen molar-refractivity contribution in [1.29, 1.82) is 0 Å². The van der Waals surface area contributed by atoms with Gasteiger partial charge in [-0.05, 0) is 41.5 Å². The van der Waals surface area contributed by atoms with Gasteiger partial charge in [0.05, 0.1) is 31.5 Å². The maximum absolute atomic E-state index is 6.02. The van der Waals surface area contributed by atoms with E-state index in [0.29, 0.717) is 18.2 Å². The number of pyridine rings is 1. The molecular weight excluding hydrogens is 326 g/mol. The first kappa shape index (κ1) is 15.4. The van der Waals surface area contributed by atoms with Gasteiger partial charge in [0.2, 0.25) is 6.29 Å². The molecule has 0 spiro atoms. The zero-order chi connectivity index (χ0) is 16.5. The van der Waals surface area contributed by atoms with Crippen LogP contribution in [0.25, 0.3) is 22.0 Å². The average molecular weight is 342 g/mol. The minimum atomic E-state index is -0.424. The monoisotopic (exact) mass is 341 g/mol. The molecule has 2 aromatic carbocycles. The Hall–Kier alpha value is -2.14. The standard InChI is InChI=1S/C19H16ClNO3/c1-22-14-6-7-15-16(12-2-4-13(20)5-3-12)11-18(21-17(15)10-14)19-23-8-9-24-19/h2-7,10-11,19H,8-9H2,1H3. The van der Waals surface area contributed by atoms with E-state index in [1.165, 1.54) is 0 Å². The Morgan fingerprint density at radius 1 is 1.04 bits per heavy atom. The average Bonchev–Trinajstić information content (AvgIpc) is 3.15. The molecular formula is C19H16ClNO3. The van der Waals surface area contributed by atoms with Crippen LogP contribution in [-0.2, 0) is 9.47 Å². The molecule has 0 saturated carbocycles. The van der Waals surface area contributed by atoms with Crippen molar-refractivity contribution >= 4 is 22.5 Å². The van der Waals surface area contributed by atoms with E-state index in [-0.39, 0.29) is 0 Å². The summed E-state index contributed by atoms with van der Waals surface area (Å²) < 4.78 is 16.6. The van der Waals surface area contributed by atoms with E-state index in [4.69, 9.17) is 30.8 Å². The van der Waals surface area contributed by atoms with Crippen molar-refractivity contribution in [2.75, 3.05) is 20.3 Å². The summed E-state index contributed by atoms with van der Waals surface area (Å²) in [6.07, 6.45) is -0.424. The second kappa shape index (κ2) is 6.40. The van der Waals surface area contributed by atoms with Crippen LogP contribution in [0.5, 0.6) is 5.75 Å². The Morgan fingerprint density at radius 2 is 1.79 bits per heavy atom. The third-order valence-corrected chi connectivity index (χ3v) is 4.31. The quantitative estimate of drug-likeness (QED) is 0.697. The van der Waals surface area contributed by atoms with Crippen molar-refractivity contribution in [2.24, 2.45) is 0 Å². The first-order valence-electron chi connectivity index (χ1n) is 7.72. The first-order chi connectivity index (χ1) is 11.7. The molecule has 1 aliphatic rings. The van der Waals surface area contributed by atoms with Crippen LogP contribution < -0.4 is 4.74 Å².